The van der Waals surface area contributed by atoms with Gasteiger partial charge in [-0.25, -0.2) is 4.79 Å². The number of hydrogen-bond acceptors (Lipinski definition) is 12. The number of likely N-dealkylation sites (N-methyl/N-ethyl adjacent to an activating group) is 1. The van der Waals surface area contributed by atoms with Crippen LogP contribution in [0.25, 0.3) is 0 Å². The monoisotopic (exact) mass is 697 g/mol. The van der Waals surface area contributed by atoms with Gasteiger partial charge in [0, 0.05) is 23.5 Å². The van der Waals surface area contributed by atoms with Gasteiger partial charge in [-0.15, -0.1) is 0 Å². The molecule has 0 aromatic rings. The molecule has 0 amide bonds. The predicted molar refractivity (Wildman–Crippen MR) is 181 cm³/mol. The Balaban J connectivity index is 1.79. The van der Waals surface area contributed by atoms with E-state index in [1.165, 1.54) is 0 Å². The quantitative estimate of drug-likeness (QED) is 0.271. The number of hydrogen-bond donors (Lipinski definition) is 3. The molecule has 49 heavy (non-hydrogen) atoms. The lowest BCUT2D eigenvalue weighted by molar-refractivity contribution is -0.286. The van der Waals surface area contributed by atoms with Gasteiger partial charge in [0.25, 0.3) is 0 Å². The van der Waals surface area contributed by atoms with Gasteiger partial charge >= 0.3 is 12.1 Å². The molecule has 0 aliphatic carbocycles. The lowest BCUT2D eigenvalue weighted by Crippen LogP contribution is -2.57. The van der Waals surface area contributed by atoms with E-state index in [4.69, 9.17) is 28.4 Å². The Morgan fingerprint density at radius 1 is 0.837 bits per heavy atom. The minimum atomic E-state index is -1.22. The first kappa shape index (κ1) is 40.0. The Morgan fingerprint density at radius 2 is 1.51 bits per heavy atom. The van der Waals surface area contributed by atoms with Crippen molar-refractivity contribution in [1.82, 2.24) is 4.90 Å². The van der Waals surface area contributed by atoms with E-state index in [0.29, 0.717) is 37.7 Å². The van der Waals surface area contributed by atoms with Crippen LogP contribution in [0.1, 0.15) is 87.5 Å². The van der Waals surface area contributed by atoms with E-state index in [1.807, 2.05) is 67.5 Å². The molecule has 4 aliphatic rings. The molecule has 3 N–H and O–H groups in total. The summed E-state index contributed by atoms with van der Waals surface area (Å²) in [6.45, 7) is 19.5. The number of nitrogens with zero attached hydrogens (tertiary/aromatic N) is 1. The lowest BCUT2D eigenvalue weighted by Gasteiger charge is -2.47. The van der Waals surface area contributed by atoms with Crippen LogP contribution in [0.15, 0.2) is 12.2 Å². The highest BCUT2D eigenvalue weighted by atomic mass is 16.7. The van der Waals surface area contributed by atoms with Crippen molar-refractivity contribution in [3.05, 3.63) is 12.2 Å². The van der Waals surface area contributed by atoms with Gasteiger partial charge < -0.3 is 48.6 Å². The average Bonchev–Trinajstić information content (AvgIpc) is 3.04. The van der Waals surface area contributed by atoms with E-state index in [0.717, 1.165) is 0 Å². The first-order valence-corrected chi connectivity index (χ1v) is 18.4. The van der Waals surface area contributed by atoms with Crippen molar-refractivity contribution >= 4 is 12.1 Å². The highest BCUT2D eigenvalue weighted by Gasteiger charge is 2.49. The number of aliphatic hydroxyl groups is 3. The highest BCUT2D eigenvalue weighted by molar-refractivity contribution is 5.73. The minimum Gasteiger partial charge on any atom is -0.457 e. The van der Waals surface area contributed by atoms with Crippen molar-refractivity contribution in [3.8, 4) is 0 Å². The molecular weight excluding hydrogens is 634 g/mol. The Bertz CT molecular complexity index is 1120. The fourth-order valence-corrected chi connectivity index (χ4v) is 8.74. The lowest BCUT2D eigenvalue weighted by atomic mass is 9.74. The molecule has 11 unspecified atom stereocenters. The summed E-state index contributed by atoms with van der Waals surface area (Å²) in [4.78, 5) is 28.6. The van der Waals surface area contributed by atoms with Crippen molar-refractivity contribution in [2.75, 3.05) is 14.1 Å². The fourth-order valence-electron chi connectivity index (χ4n) is 8.74. The molecule has 4 heterocycles. The van der Waals surface area contributed by atoms with Crippen LogP contribution in [0.5, 0.6) is 0 Å². The van der Waals surface area contributed by atoms with Crippen molar-refractivity contribution in [2.45, 2.75) is 161 Å². The zero-order valence-corrected chi connectivity index (χ0v) is 31.2. The number of esters is 1. The summed E-state index contributed by atoms with van der Waals surface area (Å²) in [7, 11) is 3.82. The third-order valence-electron chi connectivity index (χ3n) is 11.7. The molecule has 4 fully saturated rings. The first-order valence-electron chi connectivity index (χ1n) is 18.4. The maximum Gasteiger partial charge on any atom is 0.509 e. The topological polar surface area (TPSA) is 153 Å². The molecule has 0 radical (unpaired) electrons. The van der Waals surface area contributed by atoms with Crippen molar-refractivity contribution < 1.29 is 53.3 Å². The third-order valence-corrected chi connectivity index (χ3v) is 11.7. The van der Waals surface area contributed by atoms with Crippen molar-refractivity contribution in [2.24, 2.45) is 35.5 Å². The average molecular weight is 698 g/mol. The normalized spacial score (nSPS) is 47.5. The Hall–Kier alpha value is -1.80. The number of carbonyl (C=O) groups is 2. The molecule has 2 bridgehead atoms. The summed E-state index contributed by atoms with van der Waals surface area (Å²) in [5.74, 6) is -2.99. The van der Waals surface area contributed by atoms with Crippen LogP contribution < -0.4 is 0 Å². The van der Waals surface area contributed by atoms with Crippen molar-refractivity contribution in [1.29, 1.82) is 0 Å². The van der Waals surface area contributed by atoms with Gasteiger partial charge in [-0.3, -0.25) is 4.79 Å². The van der Waals surface area contributed by atoms with Crippen LogP contribution in [0, 0.1) is 35.5 Å². The number of fused-ring (bicyclic) bond motifs is 2. The van der Waals surface area contributed by atoms with E-state index in [9.17, 15) is 24.9 Å². The van der Waals surface area contributed by atoms with Gasteiger partial charge in [-0.2, -0.15) is 0 Å². The smallest absolute Gasteiger partial charge is 0.457 e. The van der Waals surface area contributed by atoms with Crippen LogP contribution in [-0.4, -0.2) is 120 Å². The zero-order chi connectivity index (χ0) is 36.5. The summed E-state index contributed by atoms with van der Waals surface area (Å²) in [6, 6.07) is -0.220. The van der Waals surface area contributed by atoms with Crippen molar-refractivity contribution in [3.63, 3.8) is 0 Å². The number of cyclic esters (lactones) is 1. The number of carbonyl (C=O) groups excluding carboxylic acids is 2. The molecular formula is C37H63NO11. The molecule has 12 heteroatoms. The molecule has 18 atom stereocenters. The van der Waals surface area contributed by atoms with Gasteiger partial charge in [0.05, 0.1) is 42.5 Å². The number of ether oxygens (including phenoxy) is 6. The largest absolute Gasteiger partial charge is 0.509 e. The van der Waals surface area contributed by atoms with Gasteiger partial charge in [0.15, 0.2) is 6.29 Å². The molecule has 4 aliphatic heterocycles. The number of aliphatic hydroxyl groups excluding tert-OH is 3. The summed E-state index contributed by atoms with van der Waals surface area (Å²) >= 11 is 0. The predicted octanol–water partition coefficient (Wildman–Crippen LogP) is 4.07. The van der Waals surface area contributed by atoms with Crippen LogP contribution >= 0.6 is 0 Å². The van der Waals surface area contributed by atoms with Gasteiger partial charge in [-0.1, -0.05) is 41.2 Å². The minimum absolute atomic E-state index is 0.0391. The number of rotatable bonds is 6. The molecule has 0 saturated carbocycles. The maximum atomic E-state index is 13.8. The second-order valence-corrected chi connectivity index (χ2v) is 15.8. The Morgan fingerprint density at radius 3 is 2.12 bits per heavy atom. The molecule has 4 saturated heterocycles. The molecule has 12 nitrogen and oxygen atoms in total. The van der Waals surface area contributed by atoms with Crippen LogP contribution in [0.2, 0.25) is 0 Å². The van der Waals surface area contributed by atoms with E-state index in [2.05, 4.69) is 6.58 Å². The van der Waals surface area contributed by atoms with E-state index >= 15 is 0 Å². The highest BCUT2D eigenvalue weighted by Crippen LogP contribution is 2.41. The summed E-state index contributed by atoms with van der Waals surface area (Å²) in [5, 5.41) is 34.4. The second-order valence-electron chi connectivity index (χ2n) is 15.8. The zero-order valence-electron chi connectivity index (χ0n) is 31.2. The summed E-state index contributed by atoms with van der Waals surface area (Å²) in [6.07, 6.45) is -5.84. The molecule has 0 aromatic heterocycles. The van der Waals surface area contributed by atoms with E-state index in [-0.39, 0.29) is 41.9 Å². The Kier molecular flexibility index (Phi) is 13.6. The van der Waals surface area contributed by atoms with E-state index < -0.39 is 79.1 Å². The molecule has 0 spiro atoms. The molecule has 0 aromatic carbocycles. The third kappa shape index (κ3) is 8.99. The van der Waals surface area contributed by atoms with Crippen LogP contribution in [0.3, 0.4) is 0 Å². The molecule has 4 rings (SSSR count). The standard InChI is InChI=1S/C37H63NO11/c1-12-28-21(6)34-23(8)32(48-37(43)49-34)18(3)13-19(4)33(47-36-31(41)27(38(10)11)15-20(5)44-36)26(30(40)22(7)35(42)46-28)16-25-14-17(2)29(39)24(9)45-25/h17-20,22-34,36,39-41H,6,12-16H2,1-5,7-11H3/t17?,18-,19?,20?,22?,23+,24?,25?,26?,27?,28?,29-,30?,31-,32+,33+,34+,36?/m1/s1. The second kappa shape index (κ2) is 16.7. The SMILES string of the molecule is C=C1C(CC)OC(=O)C(C)C(O)C(CC2CC(C)[C@@H](O)C(C)O2)[C@@H](OC2OC(C)CC(N(C)C)[C@H]2O)C(C)C[C@@H](C)[C@@H]2OC(=O)O[C@@H]1[C@H]2C. The molecule has 282 valence electrons. The van der Waals surface area contributed by atoms with Crippen LogP contribution in [0.4, 0.5) is 4.79 Å². The summed E-state index contributed by atoms with van der Waals surface area (Å²) < 4.78 is 36.8. The Labute approximate surface area is 292 Å². The fraction of sp³-hybridized carbons (Fsp3) is 0.892. The van der Waals surface area contributed by atoms with Gasteiger partial charge in [0.2, 0.25) is 0 Å². The summed E-state index contributed by atoms with van der Waals surface area (Å²) in [5.41, 5.74) is 0.479. The maximum absolute atomic E-state index is 13.8. The van der Waals surface area contributed by atoms with Crippen LogP contribution in [-0.2, 0) is 33.2 Å². The first-order chi connectivity index (χ1) is 22.9. The van der Waals surface area contributed by atoms with Gasteiger partial charge in [0.1, 0.15) is 24.4 Å². The van der Waals surface area contributed by atoms with E-state index in [1.54, 1.807) is 6.92 Å². The van der Waals surface area contributed by atoms with Gasteiger partial charge in [-0.05, 0) is 84.7 Å².